The van der Waals surface area contributed by atoms with Crippen LogP contribution in [0.2, 0.25) is 0 Å². The highest BCUT2D eigenvalue weighted by Gasteiger charge is 2.15. The Kier molecular flexibility index (Phi) is 4.70. The van der Waals surface area contributed by atoms with Gasteiger partial charge in [0.2, 0.25) is 0 Å². The van der Waals surface area contributed by atoms with E-state index < -0.39 is 0 Å². The van der Waals surface area contributed by atoms with Crippen molar-refractivity contribution in [3.8, 4) is 11.5 Å². The van der Waals surface area contributed by atoms with Gasteiger partial charge < -0.3 is 20.1 Å². The van der Waals surface area contributed by atoms with E-state index in [0.717, 1.165) is 16.3 Å². The van der Waals surface area contributed by atoms with Crippen molar-refractivity contribution in [1.82, 2.24) is 10.3 Å². The molecule has 2 N–H and O–H groups in total. The van der Waals surface area contributed by atoms with Crippen molar-refractivity contribution in [3.05, 3.63) is 64.5 Å². The topological polar surface area (TPSA) is 72.5 Å². The third-order valence-electron chi connectivity index (χ3n) is 3.86. The molecule has 0 spiro atoms. The fraction of sp³-hybridized carbons (Fsp3) is 0.158. The third-order valence-corrected chi connectivity index (χ3v) is 4.74. The van der Waals surface area contributed by atoms with Gasteiger partial charge in [-0.15, -0.1) is 11.3 Å². The summed E-state index contributed by atoms with van der Waals surface area (Å²) in [5, 5.41) is 8.10. The van der Waals surface area contributed by atoms with Crippen LogP contribution in [0.4, 0.5) is 11.5 Å². The SMILES string of the molecule is O=C(NCc1cccs1)c1cccnc1Nc1ccc2c(c1)OCCO2. The molecule has 0 saturated heterocycles. The molecule has 3 heterocycles. The molecule has 0 saturated carbocycles. The summed E-state index contributed by atoms with van der Waals surface area (Å²) in [6.45, 7) is 1.57. The summed E-state index contributed by atoms with van der Waals surface area (Å²) >= 11 is 1.61. The number of hydrogen-bond acceptors (Lipinski definition) is 6. The van der Waals surface area contributed by atoms with Gasteiger partial charge in [-0.1, -0.05) is 6.07 Å². The summed E-state index contributed by atoms with van der Waals surface area (Å²) in [6, 6.07) is 13.0. The Labute approximate surface area is 154 Å². The lowest BCUT2D eigenvalue weighted by molar-refractivity contribution is 0.0952. The van der Waals surface area contributed by atoms with E-state index in [0.29, 0.717) is 36.9 Å². The minimum Gasteiger partial charge on any atom is -0.486 e. The Bertz CT molecular complexity index is 912. The maximum absolute atomic E-state index is 12.6. The van der Waals surface area contributed by atoms with Gasteiger partial charge in [-0.3, -0.25) is 4.79 Å². The van der Waals surface area contributed by atoms with Crippen molar-refractivity contribution in [2.24, 2.45) is 0 Å². The number of rotatable bonds is 5. The second-order valence-corrected chi connectivity index (χ2v) is 6.68. The number of benzene rings is 1. The summed E-state index contributed by atoms with van der Waals surface area (Å²) in [5.41, 5.74) is 1.26. The molecule has 132 valence electrons. The lowest BCUT2D eigenvalue weighted by atomic mass is 10.2. The molecule has 0 aliphatic carbocycles. The standard InChI is InChI=1S/C19H17N3O3S/c23-19(21-12-14-3-2-10-26-14)15-4-1-7-20-18(15)22-13-5-6-16-17(11-13)25-9-8-24-16/h1-7,10-11H,8-9,12H2,(H,20,22)(H,21,23). The molecular weight excluding hydrogens is 350 g/mol. The molecule has 2 aromatic heterocycles. The van der Waals surface area contributed by atoms with Crippen molar-refractivity contribution < 1.29 is 14.3 Å². The number of thiophene rings is 1. The van der Waals surface area contributed by atoms with E-state index in [4.69, 9.17) is 9.47 Å². The van der Waals surface area contributed by atoms with Crippen LogP contribution in [0, 0.1) is 0 Å². The molecule has 6 nitrogen and oxygen atoms in total. The predicted octanol–water partition coefficient (Wildman–Crippen LogP) is 3.59. The number of amides is 1. The van der Waals surface area contributed by atoms with E-state index in [1.165, 1.54) is 0 Å². The second kappa shape index (κ2) is 7.45. The minimum atomic E-state index is -0.174. The van der Waals surface area contributed by atoms with Crippen LogP contribution in [0.1, 0.15) is 15.2 Å². The first-order chi connectivity index (χ1) is 12.8. The summed E-state index contributed by atoms with van der Waals surface area (Å²) < 4.78 is 11.1. The Balaban J connectivity index is 1.51. The number of nitrogens with zero attached hydrogens (tertiary/aromatic N) is 1. The van der Waals surface area contributed by atoms with E-state index in [-0.39, 0.29) is 5.91 Å². The normalized spacial score (nSPS) is 12.5. The largest absolute Gasteiger partial charge is 0.486 e. The molecule has 1 amide bonds. The number of carbonyl (C=O) groups excluding carboxylic acids is 1. The van der Waals surface area contributed by atoms with Crippen LogP contribution in [-0.2, 0) is 6.54 Å². The van der Waals surface area contributed by atoms with E-state index in [2.05, 4.69) is 15.6 Å². The zero-order valence-electron chi connectivity index (χ0n) is 13.9. The number of pyridine rings is 1. The monoisotopic (exact) mass is 367 g/mol. The molecule has 26 heavy (non-hydrogen) atoms. The highest BCUT2D eigenvalue weighted by molar-refractivity contribution is 7.09. The number of hydrogen-bond donors (Lipinski definition) is 2. The summed E-state index contributed by atoms with van der Waals surface area (Å²) in [4.78, 5) is 18.0. The number of nitrogens with one attached hydrogen (secondary N) is 2. The van der Waals surface area contributed by atoms with Gasteiger partial charge in [-0.25, -0.2) is 4.98 Å². The maximum atomic E-state index is 12.6. The Morgan fingerprint density at radius 1 is 1.12 bits per heavy atom. The fourth-order valence-electron chi connectivity index (χ4n) is 2.62. The molecular formula is C19H17N3O3S. The van der Waals surface area contributed by atoms with Gasteiger partial charge in [0.1, 0.15) is 19.0 Å². The van der Waals surface area contributed by atoms with E-state index in [9.17, 15) is 4.79 Å². The number of fused-ring (bicyclic) bond motifs is 1. The van der Waals surface area contributed by atoms with Gasteiger partial charge in [0.25, 0.3) is 5.91 Å². The van der Waals surface area contributed by atoms with Crippen molar-refractivity contribution >= 4 is 28.7 Å². The Morgan fingerprint density at radius 3 is 2.85 bits per heavy atom. The molecule has 0 bridgehead atoms. The average molecular weight is 367 g/mol. The number of carbonyl (C=O) groups is 1. The molecule has 0 radical (unpaired) electrons. The first-order valence-electron chi connectivity index (χ1n) is 8.22. The van der Waals surface area contributed by atoms with Crippen LogP contribution >= 0.6 is 11.3 Å². The molecule has 4 rings (SSSR count). The van der Waals surface area contributed by atoms with Gasteiger partial charge in [-0.05, 0) is 35.7 Å². The lowest BCUT2D eigenvalue weighted by Gasteiger charge is -2.19. The van der Waals surface area contributed by atoms with Crippen molar-refractivity contribution in [1.29, 1.82) is 0 Å². The van der Waals surface area contributed by atoms with E-state index in [1.807, 2.05) is 35.7 Å². The third kappa shape index (κ3) is 3.62. The second-order valence-electron chi connectivity index (χ2n) is 5.65. The number of anilines is 2. The minimum absolute atomic E-state index is 0.174. The van der Waals surface area contributed by atoms with Gasteiger partial charge in [0.15, 0.2) is 11.5 Å². The van der Waals surface area contributed by atoms with Crippen LogP contribution in [0.5, 0.6) is 11.5 Å². The summed E-state index contributed by atoms with van der Waals surface area (Å²) in [6.07, 6.45) is 1.65. The van der Waals surface area contributed by atoms with Crippen LogP contribution < -0.4 is 20.1 Å². The molecule has 0 unspecified atom stereocenters. The number of ether oxygens (including phenoxy) is 2. The lowest BCUT2D eigenvalue weighted by Crippen LogP contribution is -2.23. The fourth-order valence-corrected chi connectivity index (χ4v) is 3.27. The molecule has 0 fully saturated rings. The predicted molar refractivity (Wildman–Crippen MR) is 100 cm³/mol. The van der Waals surface area contributed by atoms with Crippen molar-refractivity contribution in [2.75, 3.05) is 18.5 Å². The van der Waals surface area contributed by atoms with Crippen molar-refractivity contribution in [3.63, 3.8) is 0 Å². The van der Waals surface area contributed by atoms with Gasteiger partial charge in [-0.2, -0.15) is 0 Å². The van der Waals surface area contributed by atoms with Crippen LogP contribution in [0.25, 0.3) is 0 Å². The molecule has 1 aromatic carbocycles. The highest BCUT2D eigenvalue weighted by atomic mass is 32.1. The first-order valence-corrected chi connectivity index (χ1v) is 9.10. The molecule has 7 heteroatoms. The smallest absolute Gasteiger partial charge is 0.255 e. The van der Waals surface area contributed by atoms with Gasteiger partial charge in [0, 0.05) is 22.8 Å². The molecule has 1 aliphatic rings. The Morgan fingerprint density at radius 2 is 2.00 bits per heavy atom. The van der Waals surface area contributed by atoms with E-state index in [1.54, 1.807) is 29.7 Å². The highest BCUT2D eigenvalue weighted by Crippen LogP contribution is 2.33. The quantitative estimate of drug-likeness (QED) is 0.721. The zero-order valence-corrected chi connectivity index (χ0v) is 14.7. The van der Waals surface area contributed by atoms with Crippen LogP contribution in [0.3, 0.4) is 0 Å². The van der Waals surface area contributed by atoms with Crippen LogP contribution in [0.15, 0.2) is 54.0 Å². The van der Waals surface area contributed by atoms with Gasteiger partial charge >= 0.3 is 0 Å². The van der Waals surface area contributed by atoms with E-state index >= 15 is 0 Å². The average Bonchev–Trinajstić information content (AvgIpc) is 3.20. The van der Waals surface area contributed by atoms with Crippen molar-refractivity contribution in [2.45, 2.75) is 6.54 Å². The molecule has 1 aliphatic heterocycles. The zero-order chi connectivity index (χ0) is 17.8. The molecule has 3 aromatic rings. The Hall–Kier alpha value is -3.06. The summed E-state index contributed by atoms with van der Waals surface area (Å²) in [5.74, 6) is 1.72. The number of aromatic nitrogens is 1. The van der Waals surface area contributed by atoms with Crippen LogP contribution in [-0.4, -0.2) is 24.1 Å². The first kappa shape index (κ1) is 16.4. The summed E-state index contributed by atoms with van der Waals surface area (Å²) in [7, 11) is 0. The maximum Gasteiger partial charge on any atom is 0.255 e. The van der Waals surface area contributed by atoms with Gasteiger partial charge in [0.05, 0.1) is 12.1 Å². The molecule has 0 atom stereocenters.